The van der Waals surface area contributed by atoms with Gasteiger partial charge in [-0.15, -0.1) is 0 Å². The van der Waals surface area contributed by atoms with Gasteiger partial charge in [-0.2, -0.15) is 5.26 Å². The first-order chi connectivity index (χ1) is 18.5. The summed E-state index contributed by atoms with van der Waals surface area (Å²) in [6, 6.07) is 6.94. The molecule has 2 heterocycles. The molecule has 4 rings (SSSR count). The summed E-state index contributed by atoms with van der Waals surface area (Å²) < 4.78 is 6.29. The molecule has 0 unspecified atom stereocenters. The number of halogens is 1. The van der Waals surface area contributed by atoms with Crippen molar-refractivity contribution in [2.24, 2.45) is 10.8 Å². The van der Waals surface area contributed by atoms with Crippen molar-refractivity contribution in [3.05, 3.63) is 52.6 Å². The van der Waals surface area contributed by atoms with E-state index in [1.807, 2.05) is 0 Å². The smallest absolute Gasteiger partial charge is 0.254 e. The number of hydrogen-bond acceptors (Lipinski definition) is 7. The zero-order valence-electron chi connectivity index (χ0n) is 23.0. The number of hydrogen-bond donors (Lipinski definition) is 2. The number of aliphatic hydroxyl groups is 1. The van der Waals surface area contributed by atoms with E-state index in [1.165, 1.54) is 12.4 Å². The van der Waals surface area contributed by atoms with Crippen LogP contribution >= 0.6 is 11.6 Å². The van der Waals surface area contributed by atoms with Gasteiger partial charge in [-0.05, 0) is 43.9 Å². The Morgan fingerprint density at radius 3 is 2.49 bits per heavy atom. The zero-order valence-corrected chi connectivity index (χ0v) is 23.8. The molecule has 0 radical (unpaired) electrons. The lowest BCUT2D eigenvalue weighted by Gasteiger charge is -2.63. The third-order valence-electron chi connectivity index (χ3n) is 7.88. The van der Waals surface area contributed by atoms with Gasteiger partial charge < -0.3 is 20.1 Å². The van der Waals surface area contributed by atoms with E-state index in [9.17, 15) is 9.90 Å². The summed E-state index contributed by atoms with van der Waals surface area (Å²) in [5.74, 6) is 6.84. The molecule has 1 saturated heterocycles. The minimum Gasteiger partial charge on any atom is -0.489 e. The molecule has 39 heavy (non-hydrogen) atoms. The van der Waals surface area contributed by atoms with Crippen LogP contribution in [0.5, 0.6) is 5.75 Å². The summed E-state index contributed by atoms with van der Waals surface area (Å²) in [6.45, 7) is 11.1. The number of piperidine rings is 1. The first kappa shape index (κ1) is 28.8. The average molecular weight is 550 g/mol. The normalized spacial score (nSPS) is 22.1. The van der Waals surface area contributed by atoms with E-state index in [0.29, 0.717) is 27.7 Å². The number of carbonyl (C=O) groups is 1. The predicted octanol–water partition coefficient (Wildman–Crippen LogP) is 4.20. The van der Waals surface area contributed by atoms with E-state index in [1.54, 1.807) is 18.2 Å². The van der Waals surface area contributed by atoms with Crippen LogP contribution in [-0.4, -0.2) is 63.8 Å². The van der Waals surface area contributed by atoms with Crippen molar-refractivity contribution < 1.29 is 14.6 Å². The van der Waals surface area contributed by atoms with Gasteiger partial charge in [0.25, 0.3) is 5.91 Å². The van der Waals surface area contributed by atoms with E-state index in [4.69, 9.17) is 21.6 Å². The molecular formula is C30H36ClN5O3. The number of aliphatic hydroxyl groups excluding tert-OH is 1. The molecule has 206 valence electrons. The van der Waals surface area contributed by atoms with E-state index < -0.39 is 0 Å². The molecule has 0 bridgehead atoms. The summed E-state index contributed by atoms with van der Waals surface area (Å²) in [6.07, 6.45) is 6.08. The molecule has 0 atom stereocenters. The van der Waals surface area contributed by atoms with Gasteiger partial charge in [-0.1, -0.05) is 45.2 Å². The number of unbranched alkanes of at least 4 members (excludes halogenated alkanes) is 1. The van der Waals surface area contributed by atoms with Crippen molar-refractivity contribution >= 4 is 17.5 Å². The SMILES string of the molecule is CC1(C)C(NC(=O)c2cnc(C#CCCCN3CCC(O)CC3)nc2)C(C)(C)C1Oc1ccc(C#N)c(Cl)c1. The Bertz CT molecular complexity index is 1270. The molecule has 2 fully saturated rings. The number of nitriles is 1. The van der Waals surface area contributed by atoms with Gasteiger partial charge in [0.05, 0.1) is 22.3 Å². The average Bonchev–Trinajstić information content (AvgIpc) is 2.91. The van der Waals surface area contributed by atoms with Gasteiger partial charge in [0, 0.05) is 54.8 Å². The Kier molecular flexibility index (Phi) is 8.81. The van der Waals surface area contributed by atoms with E-state index in [2.05, 4.69) is 65.8 Å². The number of amides is 1. The largest absolute Gasteiger partial charge is 0.489 e. The fourth-order valence-electron chi connectivity index (χ4n) is 6.00. The first-order valence-electron chi connectivity index (χ1n) is 13.4. The van der Waals surface area contributed by atoms with Crippen molar-refractivity contribution in [2.45, 2.75) is 71.6 Å². The lowest BCUT2D eigenvalue weighted by molar-refractivity contribution is -0.164. The van der Waals surface area contributed by atoms with Gasteiger partial charge in [0.2, 0.25) is 5.82 Å². The third kappa shape index (κ3) is 6.53. The molecular weight excluding hydrogens is 514 g/mol. The minimum absolute atomic E-state index is 0.152. The highest BCUT2D eigenvalue weighted by Gasteiger charge is 2.64. The number of rotatable bonds is 7. The molecule has 1 amide bonds. The summed E-state index contributed by atoms with van der Waals surface area (Å²) in [5.41, 5.74) is 0.0536. The number of benzene rings is 1. The third-order valence-corrected chi connectivity index (χ3v) is 8.19. The Labute approximate surface area is 235 Å². The lowest BCUT2D eigenvalue weighted by Crippen LogP contribution is -2.74. The lowest BCUT2D eigenvalue weighted by atomic mass is 9.49. The maximum Gasteiger partial charge on any atom is 0.254 e. The van der Waals surface area contributed by atoms with Gasteiger partial charge >= 0.3 is 0 Å². The summed E-state index contributed by atoms with van der Waals surface area (Å²) in [7, 11) is 0. The molecule has 9 heteroatoms. The fraction of sp³-hybridized carbons (Fsp3) is 0.533. The fourth-order valence-corrected chi connectivity index (χ4v) is 6.21. The van der Waals surface area contributed by atoms with Crippen LogP contribution in [0.25, 0.3) is 0 Å². The topological polar surface area (TPSA) is 111 Å². The Hall–Kier alpha value is -3.17. The number of likely N-dealkylation sites (tertiary alicyclic amines) is 1. The van der Waals surface area contributed by atoms with Crippen LogP contribution in [0, 0.1) is 34.0 Å². The highest BCUT2D eigenvalue weighted by atomic mass is 35.5. The maximum absolute atomic E-state index is 13.0. The Balaban J connectivity index is 1.29. The summed E-state index contributed by atoms with van der Waals surface area (Å²) in [4.78, 5) is 23.9. The van der Waals surface area contributed by atoms with E-state index >= 15 is 0 Å². The molecule has 2 aliphatic rings. The van der Waals surface area contributed by atoms with Crippen molar-refractivity contribution in [3.8, 4) is 23.7 Å². The molecule has 0 spiro atoms. The van der Waals surface area contributed by atoms with Gasteiger partial charge in [0.15, 0.2) is 0 Å². The monoisotopic (exact) mass is 549 g/mol. The first-order valence-corrected chi connectivity index (χ1v) is 13.8. The molecule has 2 aromatic rings. The standard InChI is InChI=1S/C30H36ClN5O3/c1-29(2)27(30(3,4)28(29)39-23-10-9-20(17-32)24(31)16-23)35-26(38)21-18-33-25(34-19-21)8-6-5-7-13-36-14-11-22(37)12-15-36/h9-10,16,18-19,22,27-28,37H,5,7,11-15H2,1-4H3,(H,35,38). The van der Waals surface area contributed by atoms with Crippen LogP contribution in [-0.2, 0) is 0 Å². The van der Waals surface area contributed by atoms with Gasteiger partial charge in [0.1, 0.15) is 17.9 Å². The quantitative estimate of drug-likeness (QED) is 0.393. The van der Waals surface area contributed by atoms with Crippen LogP contribution in [0.1, 0.15) is 75.1 Å². The molecule has 1 saturated carbocycles. The van der Waals surface area contributed by atoms with Crippen molar-refractivity contribution in [1.29, 1.82) is 5.26 Å². The number of nitrogens with zero attached hydrogens (tertiary/aromatic N) is 4. The van der Waals surface area contributed by atoms with Crippen LogP contribution in [0.15, 0.2) is 30.6 Å². The number of nitrogens with one attached hydrogen (secondary N) is 1. The van der Waals surface area contributed by atoms with Crippen molar-refractivity contribution in [2.75, 3.05) is 19.6 Å². The second-order valence-electron chi connectivity index (χ2n) is 11.6. The molecule has 1 aromatic heterocycles. The summed E-state index contributed by atoms with van der Waals surface area (Å²) in [5, 5.41) is 22.2. The van der Waals surface area contributed by atoms with E-state index in [-0.39, 0.29) is 35.0 Å². The number of ether oxygens (including phenoxy) is 1. The second kappa shape index (κ2) is 11.9. The molecule has 1 aromatic carbocycles. The Morgan fingerprint density at radius 2 is 1.87 bits per heavy atom. The maximum atomic E-state index is 13.0. The van der Waals surface area contributed by atoms with Crippen molar-refractivity contribution in [3.63, 3.8) is 0 Å². The molecule has 2 N–H and O–H groups in total. The number of carbonyl (C=O) groups excluding carboxylic acids is 1. The molecule has 1 aliphatic carbocycles. The minimum atomic E-state index is -0.361. The number of aromatic nitrogens is 2. The van der Waals surface area contributed by atoms with Crippen molar-refractivity contribution in [1.82, 2.24) is 20.2 Å². The van der Waals surface area contributed by atoms with Crippen LogP contribution < -0.4 is 10.1 Å². The highest BCUT2D eigenvalue weighted by molar-refractivity contribution is 6.31. The van der Waals surface area contributed by atoms with Gasteiger partial charge in [-0.25, -0.2) is 9.97 Å². The van der Waals surface area contributed by atoms with Crippen LogP contribution in [0.2, 0.25) is 5.02 Å². The highest BCUT2D eigenvalue weighted by Crippen LogP contribution is 2.55. The zero-order chi connectivity index (χ0) is 28.2. The second-order valence-corrected chi connectivity index (χ2v) is 12.0. The van der Waals surface area contributed by atoms with Crippen LogP contribution in [0.3, 0.4) is 0 Å². The van der Waals surface area contributed by atoms with Gasteiger partial charge in [-0.3, -0.25) is 4.79 Å². The van der Waals surface area contributed by atoms with E-state index in [0.717, 1.165) is 45.3 Å². The molecule has 8 nitrogen and oxygen atoms in total. The predicted molar refractivity (Wildman–Crippen MR) is 149 cm³/mol. The van der Waals surface area contributed by atoms with Crippen LogP contribution in [0.4, 0.5) is 0 Å². The Morgan fingerprint density at radius 1 is 1.21 bits per heavy atom. The summed E-state index contributed by atoms with van der Waals surface area (Å²) >= 11 is 6.18. The molecule has 1 aliphatic heterocycles.